The Kier molecular flexibility index (Phi) is 20.4. The van der Waals surface area contributed by atoms with Gasteiger partial charge in [0, 0.05) is 62.0 Å². The van der Waals surface area contributed by atoms with Crippen molar-refractivity contribution in [3.05, 3.63) is 125 Å². The van der Waals surface area contributed by atoms with E-state index in [2.05, 4.69) is 20.5 Å². The number of anilines is 2. The Morgan fingerprint density at radius 2 is 0.812 bits per heavy atom. The third-order valence-electron chi connectivity index (χ3n) is 8.00. The molecule has 0 aromatic heterocycles. The number of nitro groups is 4. The van der Waals surface area contributed by atoms with Gasteiger partial charge in [0.1, 0.15) is 21.2 Å². The van der Waals surface area contributed by atoms with E-state index in [1.165, 1.54) is 48.5 Å². The number of nitrogens with zero attached hydrogens (tertiary/aromatic N) is 8. The fourth-order valence-electron chi connectivity index (χ4n) is 5.34. The van der Waals surface area contributed by atoms with Gasteiger partial charge in [-0.2, -0.15) is 27.1 Å². The molecule has 317 valence electrons. The molecule has 64 heavy (non-hydrogen) atoms. The first kappa shape index (κ1) is 57.2. The minimum atomic E-state index is -4.58. The van der Waals surface area contributed by atoms with Crippen molar-refractivity contribution in [1.29, 1.82) is 0 Å². The number of nitrogen functional groups attached to an aromatic ring is 2. The zero-order chi connectivity index (χ0) is 44.4. The van der Waals surface area contributed by atoms with Crippen LogP contribution in [-0.4, -0.2) is 45.6 Å². The van der Waals surface area contributed by atoms with Gasteiger partial charge in [0.15, 0.2) is 0 Å². The fraction of sp³-hybridized carbons (Fsp3) is 0. The van der Waals surface area contributed by atoms with Crippen LogP contribution in [0.2, 0.25) is 0 Å². The molecule has 0 atom stereocenters. The average molecular weight is 993 g/mol. The van der Waals surface area contributed by atoms with E-state index in [1.54, 1.807) is 0 Å². The van der Waals surface area contributed by atoms with Crippen molar-refractivity contribution >= 4 is 98.7 Å². The van der Waals surface area contributed by atoms with Gasteiger partial charge in [-0.25, -0.2) is 0 Å². The quantitative estimate of drug-likeness (QED) is 0.0265. The van der Waals surface area contributed by atoms with Gasteiger partial charge in [0.05, 0.1) is 54.6 Å². The van der Waals surface area contributed by atoms with E-state index >= 15 is 0 Å². The van der Waals surface area contributed by atoms with Crippen LogP contribution in [0.4, 0.5) is 56.9 Å². The molecule has 32 heteroatoms. The summed E-state index contributed by atoms with van der Waals surface area (Å²) in [5.74, 6) is -2.40. The van der Waals surface area contributed by atoms with Crippen LogP contribution in [0.5, 0.6) is 11.5 Å². The topological polar surface area (TPSA) is 429 Å². The van der Waals surface area contributed by atoms with E-state index in [1.807, 2.05) is 0 Å². The van der Waals surface area contributed by atoms with Crippen LogP contribution in [0.25, 0.3) is 21.5 Å². The van der Waals surface area contributed by atoms with Crippen LogP contribution in [0, 0.1) is 40.5 Å². The van der Waals surface area contributed by atoms with E-state index in [0.717, 1.165) is 12.1 Å². The second-order valence-corrected chi connectivity index (χ2v) is 14.5. The Hall–Kier alpha value is -4.83. The summed E-state index contributed by atoms with van der Waals surface area (Å²) in [6.45, 7) is 0. The molecule has 6 aromatic rings. The van der Waals surface area contributed by atoms with Crippen molar-refractivity contribution in [3.63, 3.8) is 0 Å². The van der Waals surface area contributed by atoms with E-state index in [-0.39, 0.29) is 150 Å². The normalized spacial score (nSPS) is 11.0. The molecule has 0 aliphatic heterocycles. The monoisotopic (exact) mass is 992 g/mol. The summed E-state index contributed by atoms with van der Waals surface area (Å²) < 4.78 is 65.0. The summed E-state index contributed by atoms with van der Waals surface area (Å²) in [5, 5.41) is 83.4. The number of hydrogen-bond acceptors (Lipinski definition) is 20. The number of hydrogen-bond donors (Lipinski definition) is 4. The predicted octanol–water partition coefficient (Wildman–Crippen LogP) is -3.04. The minimum Gasteiger partial charge on any atom is -0.866 e. The Morgan fingerprint density at radius 1 is 0.484 bits per heavy atom. The molecular weight excluding hydrogens is 972 g/mol. The number of azo groups is 2. The molecule has 0 saturated carbocycles. The summed E-state index contributed by atoms with van der Waals surface area (Å²) >= 11 is 0. The first-order chi connectivity index (χ1) is 28.0. The maximum atomic E-state index is 12.2. The maximum Gasteiger partial charge on any atom is 1.00 e. The molecule has 6 rings (SSSR count). The number of non-ortho nitro benzene ring substituents is 2. The van der Waals surface area contributed by atoms with E-state index in [4.69, 9.17) is 11.5 Å². The largest absolute Gasteiger partial charge is 1.00 e. The molecule has 6 N–H and O–H groups in total. The summed E-state index contributed by atoms with van der Waals surface area (Å²) in [6.07, 6.45) is 0. The van der Waals surface area contributed by atoms with Crippen molar-refractivity contribution < 1.29 is 161 Å². The van der Waals surface area contributed by atoms with E-state index < -0.39 is 95.3 Å². The first-order valence-corrected chi connectivity index (χ1v) is 18.6. The Morgan fingerprint density at radius 3 is 1.09 bits per heavy atom. The number of rotatable bonds is 10. The third-order valence-corrected chi connectivity index (χ3v) is 9.83. The van der Waals surface area contributed by atoms with Crippen LogP contribution >= 0.6 is 0 Å². The Balaban J connectivity index is 0.000000602. The van der Waals surface area contributed by atoms with E-state index in [9.17, 15) is 76.6 Å². The van der Waals surface area contributed by atoms with Gasteiger partial charge in [-0.3, -0.25) is 49.6 Å². The minimum absolute atomic E-state index is 0. The van der Waals surface area contributed by atoms with Gasteiger partial charge in [-0.05, 0) is 24.3 Å². The maximum absolute atomic E-state index is 12.2. The predicted molar refractivity (Wildman–Crippen MR) is 203 cm³/mol. The Bertz CT molecular complexity index is 2940. The molecule has 1 radical (unpaired) electrons. The summed E-state index contributed by atoms with van der Waals surface area (Å²) in [7, 11) is -9.15. The third kappa shape index (κ3) is 12.7. The standard InChI is InChI=1S/2C16H11N5O8S.Co.3Na/c2*17-11-5-4-9-10(2-1-3-14(9)30(27,28)29)15(11)19-18-12-6-8(20(23)24)7-13(16(12)22)21(25)26;;;;/h2*1-7,22H,17H2,(H,27,28,29);;;;/q;;;3*+1/p-2. The molecule has 0 spiro atoms. The smallest absolute Gasteiger partial charge is 0.866 e. The van der Waals surface area contributed by atoms with Gasteiger partial charge < -0.3 is 21.7 Å². The van der Waals surface area contributed by atoms with Gasteiger partial charge in [-0.1, -0.05) is 36.4 Å². The van der Waals surface area contributed by atoms with E-state index in [0.29, 0.717) is 24.3 Å². The van der Waals surface area contributed by atoms with Crippen molar-refractivity contribution in [2.24, 2.45) is 20.5 Å². The zero-order valence-corrected chi connectivity index (χ0v) is 41.2. The van der Waals surface area contributed by atoms with Gasteiger partial charge in [-0.15, -0.1) is 10.2 Å². The molecule has 0 saturated heterocycles. The molecule has 0 amide bonds. The van der Waals surface area contributed by atoms with Gasteiger partial charge >= 0.3 is 88.7 Å². The summed E-state index contributed by atoms with van der Waals surface area (Å²) in [4.78, 5) is 39.1. The molecule has 6 aromatic carbocycles. The first-order valence-electron chi connectivity index (χ1n) is 15.7. The number of benzene rings is 6. The van der Waals surface area contributed by atoms with Crippen LogP contribution < -0.4 is 110 Å². The molecule has 0 fully saturated rings. The second-order valence-electron chi connectivity index (χ2n) is 11.7. The molecule has 0 aliphatic rings. The molecular formula is C32H20CoN10Na3O16S2+. The van der Waals surface area contributed by atoms with Crippen LogP contribution in [-0.2, 0) is 37.0 Å². The average Bonchev–Trinajstić information content (AvgIpc) is 3.16. The van der Waals surface area contributed by atoms with Crippen molar-refractivity contribution in [2.45, 2.75) is 9.79 Å². The molecule has 26 nitrogen and oxygen atoms in total. The van der Waals surface area contributed by atoms with Gasteiger partial charge in [0.2, 0.25) is 0 Å². The van der Waals surface area contributed by atoms with Crippen molar-refractivity contribution in [3.8, 4) is 11.5 Å². The second kappa shape index (κ2) is 22.9. The number of fused-ring (bicyclic) bond motifs is 2. The summed E-state index contributed by atoms with van der Waals surface area (Å²) in [6, 6.07) is 15.4. The molecule has 0 heterocycles. The SMILES string of the molecule is Nc1ccc2c(S(=O)(=O)O)cccc2c1N=Nc1cc([N+](=O)[O-])cc([N+](=O)[O-])c1[O-].Nc1ccc2c(S(=O)(=O)O)cccc2c1N=Nc1cc([N+](=O)[O-])cc([N+](=O)[O-])c1[O-].[Co].[Na+].[Na+].[Na+]. The Labute approximate surface area is 434 Å². The number of nitro benzene ring substituents is 4. The van der Waals surface area contributed by atoms with Crippen LogP contribution in [0.1, 0.15) is 0 Å². The van der Waals surface area contributed by atoms with Crippen molar-refractivity contribution in [2.75, 3.05) is 11.5 Å². The molecule has 0 bridgehead atoms. The zero-order valence-electron chi connectivity index (χ0n) is 32.6. The van der Waals surface area contributed by atoms with Crippen molar-refractivity contribution in [1.82, 2.24) is 0 Å². The number of nitrogens with two attached hydrogens (primary N) is 2. The van der Waals surface area contributed by atoms with Crippen LogP contribution in [0.15, 0.2) is 115 Å². The molecule has 0 aliphatic carbocycles. The van der Waals surface area contributed by atoms with Gasteiger partial charge in [0.25, 0.3) is 43.0 Å². The fourth-order valence-corrected chi connectivity index (χ4v) is 6.75. The summed E-state index contributed by atoms with van der Waals surface area (Å²) in [5.41, 5.74) is 6.53. The molecule has 0 unspecified atom stereocenters. The van der Waals surface area contributed by atoms with Crippen LogP contribution in [0.3, 0.4) is 0 Å².